The van der Waals surface area contributed by atoms with Crippen molar-refractivity contribution < 1.29 is 19.1 Å². The second-order valence-electron chi connectivity index (χ2n) is 4.73. The van der Waals surface area contributed by atoms with Crippen molar-refractivity contribution in [3.8, 4) is 0 Å². The van der Waals surface area contributed by atoms with Crippen molar-refractivity contribution in [3.05, 3.63) is 0 Å². The number of hydrogen-bond acceptors (Lipinski definition) is 4. The van der Waals surface area contributed by atoms with Crippen molar-refractivity contribution in [2.24, 2.45) is 5.92 Å². The first-order valence-electron chi connectivity index (χ1n) is 6.50. The molecular weight excluding hydrogens is 234 g/mol. The number of nitrogens with zero attached hydrogens (tertiary/aromatic N) is 1. The third-order valence-electron chi connectivity index (χ3n) is 2.30. The molecule has 0 aromatic carbocycles. The summed E-state index contributed by atoms with van der Waals surface area (Å²) >= 11 is 0. The molecule has 0 bridgehead atoms. The van der Waals surface area contributed by atoms with Crippen LogP contribution < -0.4 is 0 Å². The van der Waals surface area contributed by atoms with E-state index in [2.05, 4.69) is 13.8 Å². The fourth-order valence-electron chi connectivity index (χ4n) is 1.28. The van der Waals surface area contributed by atoms with Gasteiger partial charge in [0.05, 0.1) is 13.2 Å². The van der Waals surface area contributed by atoms with Crippen LogP contribution in [0.2, 0.25) is 0 Å². The average molecular weight is 259 g/mol. The first-order chi connectivity index (χ1) is 8.47. The first-order valence-corrected chi connectivity index (χ1v) is 6.50. The molecule has 5 heteroatoms. The van der Waals surface area contributed by atoms with Gasteiger partial charge in [-0.05, 0) is 25.2 Å². The van der Waals surface area contributed by atoms with Gasteiger partial charge in [-0.3, -0.25) is 4.79 Å². The highest BCUT2D eigenvalue weighted by Crippen LogP contribution is 2.03. The highest BCUT2D eigenvalue weighted by atomic mass is 16.6. The van der Waals surface area contributed by atoms with Crippen LogP contribution in [0, 0.1) is 5.92 Å². The van der Waals surface area contributed by atoms with Crippen LogP contribution in [-0.4, -0.2) is 43.8 Å². The topological polar surface area (TPSA) is 55.8 Å². The minimum atomic E-state index is -0.490. The summed E-state index contributed by atoms with van der Waals surface area (Å²) in [5.41, 5.74) is 0. The molecule has 0 saturated heterocycles. The summed E-state index contributed by atoms with van der Waals surface area (Å²) in [6.07, 6.45) is 2.16. The molecule has 5 nitrogen and oxygen atoms in total. The lowest BCUT2D eigenvalue weighted by Gasteiger charge is -2.15. The van der Waals surface area contributed by atoms with E-state index in [0.717, 1.165) is 19.3 Å². The minimum absolute atomic E-state index is 0.0653. The number of carbonyl (C=O) groups is 2. The Bertz CT molecular complexity index is 253. The molecule has 0 aliphatic heterocycles. The van der Waals surface area contributed by atoms with E-state index in [1.54, 1.807) is 0 Å². The van der Waals surface area contributed by atoms with Crippen molar-refractivity contribution in [2.75, 3.05) is 26.8 Å². The lowest BCUT2D eigenvalue weighted by molar-refractivity contribution is -0.144. The summed E-state index contributed by atoms with van der Waals surface area (Å²) in [4.78, 5) is 24.0. The smallest absolute Gasteiger partial charge is 0.410 e. The summed E-state index contributed by atoms with van der Waals surface area (Å²) in [5, 5.41) is 0. The predicted molar refractivity (Wildman–Crippen MR) is 69.3 cm³/mol. The molecule has 0 spiro atoms. The molecule has 0 aliphatic rings. The van der Waals surface area contributed by atoms with Crippen LogP contribution in [0.15, 0.2) is 0 Å². The lowest BCUT2D eigenvalue weighted by atomic mass is 10.1. The lowest BCUT2D eigenvalue weighted by Crippen LogP contribution is -2.33. The quantitative estimate of drug-likeness (QED) is 0.496. The molecule has 0 aromatic heterocycles. The molecule has 1 amide bonds. The van der Waals surface area contributed by atoms with E-state index < -0.39 is 12.1 Å². The normalized spacial score (nSPS) is 10.3. The van der Waals surface area contributed by atoms with Crippen molar-refractivity contribution in [1.82, 2.24) is 4.90 Å². The number of amides is 1. The second kappa shape index (κ2) is 9.74. The van der Waals surface area contributed by atoms with Crippen LogP contribution in [0.1, 0.15) is 40.0 Å². The standard InChI is InChI=1S/C13H25NO4/c1-5-8-18-13(16)14(4)10-12(15)17-9-6-7-11(2)3/h11H,5-10H2,1-4H3. The van der Waals surface area contributed by atoms with Crippen LogP contribution in [-0.2, 0) is 14.3 Å². The maximum Gasteiger partial charge on any atom is 0.410 e. The second-order valence-corrected chi connectivity index (χ2v) is 4.73. The highest BCUT2D eigenvalue weighted by molar-refractivity contribution is 5.77. The van der Waals surface area contributed by atoms with Gasteiger partial charge in [0, 0.05) is 7.05 Å². The van der Waals surface area contributed by atoms with Gasteiger partial charge in [0.25, 0.3) is 0 Å². The fourth-order valence-corrected chi connectivity index (χ4v) is 1.28. The molecule has 0 rings (SSSR count). The summed E-state index contributed by atoms with van der Waals surface area (Å²) in [7, 11) is 1.52. The minimum Gasteiger partial charge on any atom is -0.464 e. The molecule has 0 heterocycles. The van der Waals surface area contributed by atoms with Crippen molar-refractivity contribution in [2.45, 2.75) is 40.0 Å². The Kier molecular flexibility index (Phi) is 9.06. The van der Waals surface area contributed by atoms with Crippen LogP contribution in [0.3, 0.4) is 0 Å². The molecule has 0 unspecified atom stereocenters. The molecule has 0 saturated carbocycles. The van der Waals surface area contributed by atoms with Gasteiger partial charge in [0.1, 0.15) is 6.54 Å². The molecule has 0 aliphatic carbocycles. The van der Waals surface area contributed by atoms with Crippen molar-refractivity contribution in [3.63, 3.8) is 0 Å². The number of carbonyl (C=O) groups excluding carboxylic acids is 2. The Labute approximate surface area is 109 Å². The summed E-state index contributed by atoms with van der Waals surface area (Å²) < 4.78 is 9.92. The van der Waals surface area contributed by atoms with Gasteiger partial charge >= 0.3 is 12.1 Å². The maximum atomic E-state index is 11.4. The Morgan fingerprint density at radius 1 is 1.17 bits per heavy atom. The van der Waals surface area contributed by atoms with Gasteiger partial charge < -0.3 is 14.4 Å². The maximum absolute atomic E-state index is 11.4. The zero-order valence-corrected chi connectivity index (χ0v) is 11.9. The third-order valence-corrected chi connectivity index (χ3v) is 2.30. The Morgan fingerprint density at radius 2 is 1.83 bits per heavy atom. The number of hydrogen-bond donors (Lipinski definition) is 0. The average Bonchev–Trinajstić information content (AvgIpc) is 2.31. The van der Waals surface area contributed by atoms with Gasteiger partial charge in [-0.1, -0.05) is 20.8 Å². The zero-order valence-electron chi connectivity index (χ0n) is 11.9. The monoisotopic (exact) mass is 259 g/mol. The van der Waals surface area contributed by atoms with Gasteiger partial charge in [-0.15, -0.1) is 0 Å². The number of ether oxygens (including phenoxy) is 2. The van der Waals surface area contributed by atoms with Gasteiger partial charge in [-0.25, -0.2) is 4.79 Å². The van der Waals surface area contributed by atoms with E-state index in [9.17, 15) is 9.59 Å². The fraction of sp³-hybridized carbons (Fsp3) is 0.846. The van der Waals surface area contributed by atoms with Crippen LogP contribution in [0.4, 0.5) is 4.79 Å². The Balaban J connectivity index is 3.69. The number of likely N-dealkylation sites (N-methyl/N-ethyl adjacent to an activating group) is 1. The van der Waals surface area contributed by atoms with Crippen LogP contribution in [0.5, 0.6) is 0 Å². The van der Waals surface area contributed by atoms with Crippen LogP contribution in [0.25, 0.3) is 0 Å². The van der Waals surface area contributed by atoms with Gasteiger partial charge in [0.2, 0.25) is 0 Å². The summed E-state index contributed by atoms with van der Waals surface area (Å²) in [5.74, 6) is 0.213. The van der Waals surface area contributed by atoms with E-state index in [1.165, 1.54) is 11.9 Å². The predicted octanol–water partition coefficient (Wildman–Crippen LogP) is 2.44. The van der Waals surface area contributed by atoms with Crippen molar-refractivity contribution >= 4 is 12.1 Å². The summed E-state index contributed by atoms with van der Waals surface area (Å²) in [6.45, 7) is 6.88. The SMILES string of the molecule is CCCOC(=O)N(C)CC(=O)OCCCC(C)C. The van der Waals surface area contributed by atoms with Gasteiger partial charge in [0.15, 0.2) is 0 Å². The van der Waals surface area contributed by atoms with E-state index in [0.29, 0.717) is 19.1 Å². The highest BCUT2D eigenvalue weighted by Gasteiger charge is 2.14. The molecular formula is C13H25NO4. The van der Waals surface area contributed by atoms with Gasteiger partial charge in [-0.2, -0.15) is 0 Å². The first kappa shape index (κ1) is 16.7. The Hall–Kier alpha value is -1.26. The molecule has 106 valence electrons. The van der Waals surface area contributed by atoms with Crippen LogP contribution >= 0.6 is 0 Å². The molecule has 0 radical (unpaired) electrons. The molecule has 0 aromatic rings. The van der Waals surface area contributed by atoms with E-state index in [4.69, 9.17) is 9.47 Å². The molecule has 0 fully saturated rings. The summed E-state index contributed by atoms with van der Waals surface area (Å²) in [6, 6.07) is 0. The Morgan fingerprint density at radius 3 is 2.39 bits per heavy atom. The van der Waals surface area contributed by atoms with Crippen molar-refractivity contribution in [1.29, 1.82) is 0 Å². The van der Waals surface area contributed by atoms with E-state index in [1.807, 2.05) is 6.92 Å². The number of rotatable bonds is 8. The zero-order chi connectivity index (χ0) is 14.0. The van der Waals surface area contributed by atoms with E-state index in [-0.39, 0.29) is 6.54 Å². The molecule has 0 atom stereocenters. The third kappa shape index (κ3) is 8.84. The van der Waals surface area contributed by atoms with E-state index >= 15 is 0 Å². The number of esters is 1. The molecule has 18 heavy (non-hydrogen) atoms. The molecule has 0 N–H and O–H groups in total. The largest absolute Gasteiger partial charge is 0.464 e.